The average molecular weight is 286 g/mol. The number of hydrogen-bond donors (Lipinski definition) is 2. The number of nitrogen functional groups attached to an aromatic ring is 1. The van der Waals surface area contributed by atoms with E-state index in [0.717, 1.165) is 5.56 Å². The minimum Gasteiger partial charge on any atom is -0.398 e. The number of aliphatic hydroxyl groups excluding tert-OH is 1. The average Bonchev–Trinajstić information content (AvgIpc) is 2.38. The number of nitrogens with zero attached hydrogens (tertiary/aromatic N) is 1. The summed E-state index contributed by atoms with van der Waals surface area (Å²) in [4.78, 5) is 0.0819. The first kappa shape index (κ1) is 14.3. The van der Waals surface area contributed by atoms with Crippen molar-refractivity contribution in [2.24, 2.45) is 0 Å². The van der Waals surface area contributed by atoms with Crippen LogP contribution in [0.3, 0.4) is 0 Å². The Morgan fingerprint density at radius 2 is 2.26 bits per heavy atom. The molecule has 0 saturated carbocycles. The molecule has 0 spiro atoms. The maximum atomic E-state index is 12.6. The zero-order valence-corrected chi connectivity index (χ0v) is 11.6. The van der Waals surface area contributed by atoms with Crippen LogP contribution < -0.4 is 5.73 Å². The fraction of sp³-hybridized carbons (Fsp3) is 0.500. The summed E-state index contributed by atoms with van der Waals surface area (Å²) in [6.45, 7) is 2.31. The first-order valence-electron chi connectivity index (χ1n) is 6.03. The molecule has 1 heterocycles. The van der Waals surface area contributed by atoms with Gasteiger partial charge in [-0.15, -0.1) is 0 Å². The van der Waals surface area contributed by atoms with Crippen LogP contribution in [0, 0.1) is 6.92 Å². The van der Waals surface area contributed by atoms with E-state index in [2.05, 4.69) is 0 Å². The van der Waals surface area contributed by atoms with Crippen molar-refractivity contribution in [3.63, 3.8) is 0 Å². The predicted octanol–water partition coefficient (Wildman–Crippen LogP) is -0.0410. The third kappa shape index (κ3) is 2.74. The largest absolute Gasteiger partial charge is 0.398 e. The van der Waals surface area contributed by atoms with Gasteiger partial charge in [0.1, 0.15) is 4.90 Å². The summed E-state index contributed by atoms with van der Waals surface area (Å²) in [5.74, 6) is 0. The van der Waals surface area contributed by atoms with Gasteiger partial charge in [0.2, 0.25) is 10.0 Å². The number of sulfonamides is 1. The number of morpholine rings is 1. The molecule has 1 aromatic carbocycles. The lowest BCUT2D eigenvalue weighted by Crippen LogP contribution is -2.50. The summed E-state index contributed by atoms with van der Waals surface area (Å²) in [6.07, 6.45) is 0. The highest BCUT2D eigenvalue weighted by atomic mass is 32.2. The number of rotatable bonds is 3. The highest BCUT2D eigenvalue weighted by Gasteiger charge is 2.34. The molecule has 1 fully saturated rings. The maximum absolute atomic E-state index is 12.6. The fourth-order valence-corrected chi connectivity index (χ4v) is 3.81. The first-order valence-corrected chi connectivity index (χ1v) is 7.47. The lowest BCUT2D eigenvalue weighted by atomic mass is 10.2. The van der Waals surface area contributed by atoms with Crippen molar-refractivity contribution in [1.29, 1.82) is 0 Å². The van der Waals surface area contributed by atoms with Crippen LogP contribution in [-0.4, -0.2) is 50.2 Å². The Morgan fingerprint density at radius 3 is 2.89 bits per heavy atom. The van der Waals surface area contributed by atoms with Crippen molar-refractivity contribution in [2.45, 2.75) is 17.9 Å². The van der Waals surface area contributed by atoms with Crippen LogP contribution in [-0.2, 0) is 14.8 Å². The smallest absolute Gasteiger partial charge is 0.245 e. The van der Waals surface area contributed by atoms with Crippen molar-refractivity contribution in [1.82, 2.24) is 4.31 Å². The number of aryl methyl sites for hydroxylation is 1. The summed E-state index contributed by atoms with van der Waals surface area (Å²) in [6, 6.07) is 4.28. The van der Waals surface area contributed by atoms with Crippen molar-refractivity contribution in [3.8, 4) is 0 Å². The molecule has 1 atom stereocenters. The molecule has 1 aliphatic heterocycles. The standard InChI is InChI=1S/C12H18N2O4S/c1-9-2-3-12(11(13)6-9)19(16,17)14-4-5-18-8-10(14)7-15/h2-3,6,10,15H,4-5,7-8,13H2,1H3. The van der Waals surface area contributed by atoms with Gasteiger partial charge < -0.3 is 15.6 Å². The Morgan fingerprint density at radius 1 is 1.53 bits per heavy atom. The number of hydrogen-bond acceptors (Lipinski definition) is 5. The second-order valence-corrected chi connectivity index (χ2v) is 6.43. The monoisotopic (exact) mass is 286 g/mol. The molecule has 1 saturated heterocycles. The van der Waals surface area contributed by atoms with E-state index in [1.54, 1.807) is 12.1 Å². The van der Waals surface area contributed by atoms with Crippen molar-refractivity contribution < 1.29 is 18.3 Å². The highest BCUT2D eigenvalue weighted by Crippen LogP contribution is 2.25. The third-order valence-corrected chi connectivity index (χ3v) is 5.16. The van der Waals surface area contributed by atoms with E-state index in [-0.39, 0.29) is 30.3 Å². The first-order chi connectivity index (χ1) is 8.96. The molecule has 2 rings (SSSR count). The van der Waals surface area contributed by atoms with Crippen molar-refractivity contribution >= 4 is 15.7 Å². The second-order valence-electron chi connectivity index (χ2n) is 4.57. The SMILES string of the molecule is Cc1ccc(S(=O)(=O)N2CCOCC2CO)c(N)c1. The van der Waals surface area contributed by atoms with Gasteiger partial charge in [-0.25, -0.2) is 8.42 Å². The number of benzene rings is 1. The van der Waals surface area contributed by atoms with Crippen LogP contribution in [0.1, 0.15) is 5.56 Å². The molecule has 1 unspecified atom stereocenters. The van der Waals surface area contributed by atoms with Crippen molar-refractivity contribution in [3.05, 3.63) is 23.8 Å². The van der Waals surface area contributed by atoms with Gasteiger partial charge in [-0.1, -0.05) is 6.07 Å². The van der Waals surface area contributed by atoms with Crippen LogP contribution >= 0.6 is 0 Å². The van der Waals surface area contributed by atoms with Gasteiger partial charge in [-0.05, 0) is 24.6 Å². The maximum Gasteiger partial charge on any atom is 0.245 e. The number of ether oxygens (including phenoxy) is 1. The van der Waals surface area contributed by atoms with Crippen LogP contribution in [0.2, 0.25) is 0 Å². The second kappa shape index (κ2) is 5.46. The van der Waals surface area contributed by atoms with Crippen LogP contribution in [0.4, 0.5) is 5.69 Å². The molecule has 0 amide bonds. The van der Waals surface area contributed by atoms with Gasteiger partial charge in [-0.3, -0.25) is 0 Å². The molecule has 1 aliphatic rings. The Hall–Kier alpha value is -1.15. The third-order valence-electron chi connectivity index (χ3n) is 3.14. The van der Waals surface area contributed by atoms with Gasteiger partial charge in [0.25, 0.3) is 0 Å². The quantitative estimate of drug-likeness (QED) is 0.761. The zero-order chi connectivity index (χ0) is 14.0. The number of aliphatic hydroxyl groups is 1. The Balaban J connectivity index is 2.40. The van der Waals surface area contributed by atoms with Gasteiger partial charge >= 0.3 is 0 Å². The summed E-state index contributed by atoms with van der Waals surface area (Å²) in [5, 5.41) is 9.27. The normalized spacial score (nSPS) is 21.5. The molecule has 0 radical (unpaired) electrons. The molecule has 1 aromatic rings. The summed E-state index contributed by atoms with van der Waals surface area (Å²) in [7, 11) is -3.70. The summed E-state index contributed by atoms with van der Waals surface area (Å²) in [5.41, 5.74) is 6.93. The molecule has 19 heavy (non-hydrogen) atoms. The van der Waals surface area contributed by atoms with Crippen LogP contribution in [0.15, 0.2) is 23.1 Å². The zero-order valence-electron chi connectivity index (χ0n) is 10.7. The highest BCUT2D eigenvalue weighted by molar-refractivity contribution is 7.89. The molecular formula is C12H18N2O4S. The van der Waals surface area contributed by atoms with Crippen LogP contribution in [0.5, 0.6) is 0 Å². The lowest BCUT2D eigenvalue weighted by Gasteiger charge is -2.33. The van der Waals surface area contributed by atoms with E-state index in [0.29, 0.717) is 6.61 Å². The topological polar surface area (TPSA) is 92.9 Å². The summed E-state index contributed by atoms with van der Waals surface area (Å²) < 4.78 is 31.6. The van der Waals surface area contributed by atoms with E-state index in [4.69, 9.17) is 10.5 Å². The fourth-order valence-electron chi connectivity index (χ4n) is 2.13. The Kier molecular flexibility index (Phi) is 4.10. The van der Waals surface area contributed by atoms with Crippen molar-refractivity contribution in [2.75, 3.05) is 32.1 Å². The lowest BCUT2D eigenvalue weighted by molar-refractivity contribution is 0.0109. The minimum atomic E-state index is -3.70. The van der Waals surface area contributed by atoms with Gasteiger partial charge in [-0.2, -0.15) is 4.31 Å². The molecule has 6 nitrogen and oxygen atoms in total. The molecule has 7 heteroatoms. The van der Waals surface area contributed by atoms with Gasteiger partial charge in [0.05, 0.1) is 31.5 Å². The predicted molar refractivity (Wildman–Crippen MR) is 71.2 cm³/mol. The van der Waals surface area contributed by atoms with Gasteiger partial charge in [0, 0.05) is 6.54 Å². The van der Waals surface area contributed by atoms with Crippen LogP contribution in [0.25, 0.3) is 0 Å². The number of nitrogens with two attached hydrogens (primary N) is 1. The van der Waals surface area contributed by atoms with E-state index >= 15 is 0 Å². The van der Waals surface area contributed by atoms with E-state index < -0.39 is 16.1 Å². The molecule has 3 N–H and O–H groups in total. The molecule has 0 bridgehead atoms. The Labute approximate surface area is 112 Å². The molecule has 0 aromatic heterocycles. The number of anilines is 1. The Bertz CT molecular complexity index is 559. The molecule has 0 aliphatic carbocycles. The van der Waals surface area contributed by atoms with E-state index in [1.807, 2.05) is 6.92 Å². The minimum absolute atomic E-state index is 0.0819. The molecular weight excluding hydrogens is 268 g/mol. The van der Waals surface area contributed by atoms with Gasteiger partial charge in [0.15, 0.2) is 0 Å². The molecule has 106 valence electrons. The van der Waals surface area contributed by atoms with E-state index in [1.165, 1.54) is 10.4 Å². The van der Waals surface area contributed by atoms with E-state index in [9.17, 15) is 13.5 Å². The summed E-state index contributed by atoms with van der Waals surface area (Å²) >= 11 is 0.